The number of aliphatic hydroxyl groups excluding tert-OH is 1. The van der Waals surface area contributed by atoms with Gasteiger partial charge in [0.15, 0.2) is 0 Å². The summed E-state index contributed by atoms with van der Waals surface area (Å²) in [6, 6.07) is 15.2. The molecule has 1 heterocycles. The number of aromatic amines is 1. The molecule has 8 heteroatoms. The second-order valence-electron chi connectivity index (χ2n) is 6.12. The van der Waals surface area contributed by atoms with E-state index in [1.165, 1.54) is 12.3 Å². The van der Waals surface area contributed by atoms with Gasteiger partial charge >= 0.3 is 5.69 Å². The van der Waals surface area contributed by atoms with Crippen molar-refractivity contribution in [2.75, 3.05) is 6.61 Å². The molecule has 0 aliphatic heterocycles. The Morgan fingerprint density at radius 1 is 1.14 bits per heavy atom. The van der Waals surface area contributed by atoms with E-state index in [1.54, 1.807) is 18.2 Å². The highest BCUT2D eigenvalue weighted by molar-refractivity contribution is 6.30. The summed E-state index contributed by atoms with van der Waals surface area (Å²) in [6.45, 7) is -0.238. The number of nitrogens with one attached hydrogen (secondary N) is 1. The standard InChI is InChI=1S/C20H18ClN3O4/c21-14-7-4-8-16(10-14)24-19(27)17(18(26)23-20(24)28)11-22-15(12-25)9-13-5-2-1-3-6-13/h1-8,10-11,15,25,27H,9,12H2,(H,23,26,28). The summed E-state index contributed by atoms with van der Waals surface area (Å²) >= 11 is 5.95. The van der Waals surface area contributed by atoms with Crippen LogP contribution in [-0.2, 0) is 6.42 Å². The quantitative estimate of drug-likeness (QED) is 0.550. The molecule has 0 aliphatic carbocycles. The topological polar surface area (TPSA) is 108 Å². The van der Waals surface area contributed by atoms with Gasteiger partial charge in [0.1, 0.15) is 5.56 Å². The first-order chi connectivity index (χ1) is 13.5. The molecule has 1 unspecified atom stereocenters. The van der Waals surface area contributed by atoms with Crippen molar-refractivity contribution in [1.82, 2.24) is 9.55 Å². The number of hydrogen-bond acceptors (Lipinski definition) is 5. The zero-order valence-electron chi connectivity index (χ0n) is 14.7. The van der Waals surface area contributed by atoms with Gasteiger partial charge in [0.25, 0.3) is 5.56 Å². The summed E-state index contributed by atoms with van der Waals surface area (Å²) in [7, 11) is 0. The van der Waals surface area contributed by atoms with Crippen molar-refractivity contribution in [1.29, 1.82) is 0 Å². The van der Waals surface area contributed by atoms with Gasteiger partial charge in [0.05, 0.1) is 18.3 Å². The SMILES string of the molecule is O=c1[nH]c(=O)n(-c2cccc(Cl)c2)c(O)c1C=NC(CO)Cc1ccccc1. The maximum Gasteiger partial charge on any atom is 0.335 e. The molecular weight excluding hydrogens is 382 g/mol. The molecule has 28 heavy (non-hydrogen) atoms. The number of nitrogens with zero attached hydrogens (tertiary/aromatic N) is 2. The fraction of sp³-hybridized carbons (Fsp3) is 0.150. The molecule has 3 aromatic rings. The van der Waals surface area contributed by atoms with Gasteiger partial charge in [-0.3, -0.25) is 14.8 Å². The summed E-state index contributed by atoms with van der Waals surface area (Å²) < 4.78 is 0.930. The van der Waals surface area contributed by atoms with Crippen molar-refractivity contribution >= 4 is 17.8 Å². The van der Waals surface area contributed by atoms with Gasteiger partial charge in [-0.1, -0.05) is 48.0 Å². The van der Waals surface area contributed by atoms with Crippen molar-refractivity contribution < 1.29 is 10.2 Å². The third-order valence-electron chi connectivity index (χ3n) is 4.13. The molecule has 1 aromatic heterocycles. The van der Waals surface area contributed by atoms with Crippen LogP contribution in [0.5, 0.6) is 5.88 Å². The maximum atomic E-state index is 12.2. The Bertz CT molecular complexity index is 1110. The van der Waals surface area contributed by atoms with Crippen molar-refractivity contribution in [3.8, 4) is 11.6 Å². The average Bonchev–Trinajstić information content (AvgIpc) is 2.67. The van der Waals surface area contributed by atoms with Gasteiger partial charge in [0, 0.05) is 11.2 Å². The summed E-state index contributed by atoms with van der Waals surface area (Å²) in [5.74, 6) is -0.559. The Morgan fingerprint density at radius 3 is 2.57 bits per heavy atom. The van der Waals surface area contributed by atoms with Gasteiger partial charge in [0.2, 0.25) is 5.88 Å². The van der Waals surface area contributed by atoms with Crippen LogP contribution in [0, 0.1) is 0 Å². The summed E-state index contributed by atoms with van der Waals surface area (Å²) in [5, 5.41) is 20.5. The Balaban J connectivity index is 1.97. The van der Waals surface area contributed by atoms with Gasteiger partial charge in [-0.05, 0) is 30.2 Å². The van der Waals surface area contributed by atoms with E-state index < -0.39 is 23.2 Å². The van der Waals surface area contributed by atoms with Crippen molar-refractivity contribution in [2.24, 2.45) is 4.99 Å². The number of H-pyrrole nitrogens is 1. The number of aromatic hydroxyl groups is 1. The van der Waals surface area contributed by atoms with Gasteiger partial charge in [-0.15, -0.1) is 0 Å². The number of rotatable bonds is 6. The first-order valence-corrected chi connectivity index (χ1v) is 8.89. The molecule has 0 radical (unpaired) electrons. The molecule has 0 bridgehead atoms. The number of halogens is 1. The zero-order valence-corrected chi connectivity index (χ0v) is 15.5. The van der Waals surface area contributed by atoms with Crippen LogP contribution in [0.1, 0.15) is 11.1 Å². The second kappa shape index (κ2) is 8.69. The first-order valence-electron chi connectivity index (χ1n) is 8.52. The molecule has 7 nitrogen and oxygen atoms in total. The minimum atomic E-state index is -0.801. The van der Waals surface area contributed by atoms with Gasteiger partial charge < -0.3 is 10.2 Å². The molecule has 0 aliphatic rings. The predicted octanol–water partition coefficient (Wildman–Crippen LogP) is 1.91. The normalized spacial score (nSPS) is 12.4. The van der Waals surface area contributed by atoms with Crippen LogP contribution >= 0.6 is 11.6 Å². The van der Waals surface area contributed by atoms with Gasteiger partial charge in [-0.25, -0.2) is 9.36 Å². The largest absolute Gasteiger partial charge is 0.493 e. The highest BCUT2D eigenvalue weighted by Crippen LogP contribution is 2.19. The smallest absolute Gasteiger partial charge is 0.335 e. The minimum Gasteiger partial charge on any atom is -0.493 e. The number of aliphatic hydroxyl groups is 1. The van der Waals surface area contributed by atoms with Crippen LogP contribution in [0.2, 0.25) is 5.02 Å². The summed E-state index contributed by atoms with van der Waals surface area (Å²) in [5.41, 5.74) is -0.499. The lowest BCUT2D eigenvalue weighted by atomic mass is 10.1. The molecule has 2 aromatic carbocycles. The fourth-order valence-corrected chi connectivity index (χ4v) is 2.92. The predicted molar refractivity (Wildman–Crippen MR) is 108 cm³/mol. The number of aliphatic imine (C=N–C) groups is 1. The third kappa shape index (κ3) is 4.39. The van der Waals surface area contributed by atoms with E-state index in [0.717, 1.165) is 10.1 Å². The molecule has 1 atom stereocenters. The van der Waals surface area contributed by atoms with Crippen molar-refractivity contribution in [3.63, 3.8) is 0 Å². The number of aromatic nitrogens is 2. The van der Waals surface area contributed by atoms with Crippen molar-refractivity contribution in [3.05, 3.63) is 91.6 Å². The molecule has 0 amide bonds. The third-order valence-corrected chi connectivity index (χ3v) is 4.36. The summed E-state index contributed by atoms with van der Waals surface area (Å²) in [6.07, 6.45) is 1.62. The Kier molecular flexibility index (Phi) is 6.08. The molecular formula is C20H18ClN3O4. The van der Waals surface area contributed by atoms with E-state index in [2.05, 4.69) is 9.98 Å². The minimum absolute atomic E-state index is 0.189. The van der Waals surface area contributed by atoms with Crippen LogP contribution in [0.4, 0.5) is 0 Å². The number of benzene rings is 2. The van der Waals surface area contributed by atoms with E-state index in [-0.39, 0.29) is 12.2 Å². The monoisotopic (exact) mass is 399 g/mol. The Morgan fingerprint density at radius 2 is 1.89 bits per heavy atom. The molecule has 144 valence electrons. The van der Waals surface area contributed by atoms with E-state index in [9.17, 15) is 19.8 Å². The van der Waals surface area contributed by atoms with Crippen LogP contribution in [-0.4, -0.2) is 38.6 Å². The van der Waals surface area contributed by atoms with Crippen LogP contribution in [0.15, 0.2) is 69.2 Å². The van der Waals surface area contributed by atoms with Crippen LogP contribution in [0.3, 0.4) is 0 Å². The van der Waals surface area contributed by atoms with Crippen molar-refractivity contribution in [2.45, 2.75) is 12.5 Å². The second-order valence-corrected chi connectivity index (χ2v) is 6.55. The molecule has 0 spiro atoms. The van der Waals surface area contributed by atoms with Crippen LogP contribution in [0.25, 0.3) is 5.69 Å². The number of hydrogen-bond donors (Lipinski definition) is 3. The molecule has 3 rings (SSSR count). The lowest BCUT2D eigenvalue weighted by Crippen LogP contribution is -2.31. The first kappa shape index (κ1) is 19.6. The lowest BCUT2D eigenvalue weighted by molar-refractivity contribution is 0.266. The summed E-state index contributed by atoms with van der Waals surface area (Å²) in [4.78, 5) is 30.7. The molecule has 0 saturated heterocycles. The highest BCUT2D eigenvalue weighted by Gasteiger charge is 2.15. The fourth-order valence-electron chi connectivity index (χ4n) is 2.74. The highest BCUT2D eigenvalue weighted by atomic mass is 35.5. The van der Waals surface area contributed by atoms with Crippen LogP contribution < -0.4 is 11.2 Å². The van der Waals surface area contributed by atoms with E-state index >= 15 is 0 Å². The van der Waals surface area contributed by atoms with E-state index in [1.807, 2.05) is 30.3 Å². The molecule has 0 fully saturated rings. The van der Waals surface area contributed by atoms with E-state index in [0.29, 0.717) is 17.1 Å². The Hall–Kier alpha value is -3.16. The Labute approximate surface area is 165 Å². The molecule has 0 saturated carbocycles. The zero-order chi connectivity index (χ0) is 20.1. The van der Waals surface area contributed by atoms with E-state index in [4.69, 9.17) is 11.6 Å². The average molecular weight is 400 g/mol. The lowest BCUT2D eigenvalue weighted by Gasteiger charge is -2.11. The van der Waals surface area contributed by atoms with Gasteiger partial charge in [-0.2, -0.15) is 0 Å². The maximum absolute atomic E-state index is 12.2. The molecule has 3 N–H and O–H groups in total.